The number of halogens is 7. The van der Waals surface area contributed by atoms with Crippen molar-refractivity contribution in [3.05, 3.63) is 58.2 Å². The SMILES string of the molecule is CC12CCC3c4ccc(Oc5c(F)c(F)c(CNCCC[SH2+])c(F)c5F)cc4CCC3C1CCC2OCCCOC(F)(F)F. The van der Waals surface area contributed by atoms with Crippen molar-refractivity contribution in [2.75, 3.05) is 25.5 Å². The van der Waals surface area contributed by atoms with Gasteiger partial charge in [0.1, 0.15) is 11.5 Å². The monoisotopic (exact) mass is 650 g/mol. The first-order valence-corrected chi connectivity index (χ1v) is 16.0. The predicted molar refractivity (Wildman–Crippen MR) is 155 cm³/mol. The number of aryl methyl sites for hydroxylation is 1. The molecule has 2 aromatic carbocycles. The molecular formula is C32H39F7NO3S+. The molecule has 0 aliphatic heterocycles. The number of hydrogen-bond donors (Lipinski definition) is 1. The Balaban J connectivity index is 1.25. The van der Waals surface area contributed by atoms with Crippen molar-refractivity contribution in [3.63, 3.8) is 0 Å². The van der Waals surface area contributed by atoms with Gasteiger partial charge in [-0.2, -0.15) is 8.78 Å². The van der Waals surface area contributed by atoms with Gasteiger partial charge in [-0.15, -0.1) is 13.2 Å². The van der Waals surface area contributed by atoms with Crippen molar-refractivity contribution in [1.29, 1.82) is 0 Å². The van der Waals surface area contributed by atoms with Crippen LogP contribution in [-0.2, 0) is 35.1 Å². The number of fused-ring (bicyclic) bond motifs is 5. The highest BCUT2D eigenvalue weighted by atomic mass is 32.1. The first-order valence-electron chi connectivity index (χ1n) is 15.3. The van der Waals surface area contributed by atoms with Gasteiger partial charge in [-0.25, -0.2) is 8.78 Å². The van der Waals surface area contributed by atoms with Crippen molar-refractivity contribution < 1.29 is 44.9 Å². The quantitative estimate of drug-likeness (QED) is 0.111. The minimum absolute atomic E-state index is 0.0153. The van der Waals surface area contributed by atoms with Gasteiger partial charge in [0.05, 0.1) is 12.7 Å². The molecule has 0 saturated heterocycles. The molecule has 44 heavy (non-hydrogen) atoms. The van der Waals surface area contributed by atoms with E-state index in [1.807, 2.05) is 6.07 Å². The second-order valence-corrected chi connectivity index (χ2v) is 12.9. The van der Waals surface area contributed by atoms with Crippen LogP contribution >= 0.6 is 0 Å². The molecular weight excluding hydrogens is 611 g/mol. The van der Waals surface area contributed by atoms with E-state index in [9.17, 15) is 30.7 Å². The molecule has 3 aliphatic rings. The molecule has 5 atom stereocenters. The van der Waals surface area contributed by atoms with Gasteiger partial charge in [-0.3, -0.25) is 4.74 Å². The van der Waals surface area contributed by atoms with E-state index >= 15 is 0 Å². The number of alkyl halides is 3. The summed E-state index contributed by atoms with van der Waals surface area (Å²) < 4.78 is 111. The van der Waals surface area contributed by atoms with Crippen LogP contribution in [0.4, 0.5) is 30.7 Å². The molecule has 4 nitrogen and oxygen atoms in total. The van der Waals surface area contributed by atoms with Gasteiger partial charge in [0.25, 0.3) is 0 Å². The van der Waals surface area contributed by atoms with Crippen molar-refractivity contribution >= 4 is 12.6 Å². The average Bonchev–Trinajstić information content (AvgIpc) is 3.33. The lowest BCUT2D eigenvalue weighted by Gasteiger charge is -2.50. The maximum absolute atomic E-state index is 14.9. The van der Waals surface area contributed by atoms with Crippen LogP contribution in [0.25, 0.3) is 0 Å². The zero-order valence-corrected chi connectivity index (χ0v) is 25.6. The number of rotatable bonds is 12. The number of benzene rings is 2. The van der Waals surface area contributed by atoms with Crippen molar-refractivity contribution in [2.45, 2.75) is 83.2 Å². The van der Waals surface area contributed by atoms with Crippen molar-refractivity contribution in [1.82, 2.24) is 5.32 Å². The molecule has 5 unspecified atom stereocenters. The van der Waals surface area contributed by atoms with Crippen molar-refractivity contribution in [2.24, 2.45) is 17.3 Å². The normalized spacial score (nSPS) is 26.3. The Hall–Kier alpha value is -2.02. The molecule has 0 bridgehead atoms. The molecule has 2 aromatic rings. The molecule has 12 heteroatoms. The highest BCUT2D eigenvalue weighted by molar-refractivity contribution is 7.58. The number of ether oxygens (including phenoxy) is 3. The van der Waals surface area contributed by atoms with E-state index in [-0.39, 0.29) is 42.8 Å². The van der Waals surface area contributed by atoms with Crippen LogP contribution in [0, 0.1) is 40.5 Å². The van der Waals surface area contributed by atoms with E-state index in [1.165, 1.54) is 0 Å². The summed E-state index contributed by atoms with van der Waals surface area (Å²) in [4.78, 5) is 0. The van der Waals surface area contributed by atoms with Crippen LogP contribution in [0.1, 0.15) is 74.5 Å². The molecule has 1 N–H and O–H groups in total. The minimum Gasteiger partial charge on any atom is -0.451 e. The molecule has 0 radical (unpaired) electrons. The second-order valence-electron chi connectivity index (χ2n) is 12.4. The Labute approximate surface area is 258 Å². The predicted octanol–water partition coefficient (Wildman–Crippen LogP) is 7.69. The average molecular weight is 651 g/mol. The van der Waals surface area contributed by atoms with Gasteiger partial charge in [0.2, 0.25) is 17.4 Å². The zero-order valence-electron chi connectivity index (χ0n) is 24.6. The minimum atomic E-state index is -4.63. The van der Waals surface area contributed by atoms with E-state index in [0.29, 0.717) is 37.0 Å². The van der Waals surface area contributed by atoms with Gasteiger partial charge < -0.3 is 14.8 Å². The molecule has 0 aromatic heterocycles. The number of nitrogens with one attached hydrogen (secondary N) is 1. The molecule has 2 fully saturated rings. The summed E-state index contributed by atoms with van der Waals surface area (Å²) in [6.45, 7) is 2.08. The fourth-order valence-corrected chi connectivity index (χ4v) is 7.94. The summed E-state index contributed by atoms with van der Waals surface area (Å²) in [5.74, 6) is -5.35. The first kappa shape index (κ1) is 33.3. The van der Waals surface area contributed by atoms with Gasteiger partial charge in [0.15, 0.2) is 11.6 Å². The summed E-state index contributed by atoms with van der Waals surface area (Å²) in [5, 5.41) is 2.77. The topological polar surface area (TPSA) is 39.7 Å². The second kappa shape index (κ2) is 13.8. The Morgan fingerprint density at radius 1 is 0.955 bits per heavy atom. The largest absolute Gasteiger partial charge is 0.522 e. The molecule has 5 rings (SSSR count). The summed E-state index contributed by atoms with van der Waals surface area (Å²) in [7, 11) is 0. The molecule has 0 spiro atoms. The highest BCUT2D eigenvalue weighted by Crippen LogP contribution is 2.61. The van der Waals surface area contributed by atoms with E-state index in [2.05, 4.69) is 29.6 Å². The molecule has 244 valence electrons. The van der Waals surface area contributed by atoms with E-state index in [4.69, 9.17) is 9.47 Å². The smallest absolute Gasteiger partial charge is 0.451 e. The van der Waals surface area contributed by atoms with Crippen LogP contribution in [0.15, 0.2) is 18.2 Å². The zero-order chi connectivity index (χ0) is 31.6. The summed E-state index contributed by atoms with van der Waals surface area (Å²) >= 11 is 3.29. The van der Waals surface area contributed by atoms with Gasteiger partial charge >= 0.3 is 6.36 Å². The van der Waals surface area contributed by atoms with Crippen LogP contribution in [0.2, 0.25) is 0 Å². The Morgan fingerprint density at radius 3 is 2.41 bits per heavy atom. The lowest BCUT2D eigenvalue weighted by Crippen LogP contribution is -2.44. The van der Waals surface area contributed by atoms with Crippen LogP contribution in [0.5, 0.6) is 11.5 Å². The van der Waals surface area contributed by atoms with Gasteiger partial charge in [-0.1, -0.05) is 13.0 Å². The van der Waals surface area contributed by atoms with Crippen LogP contribution < -0.4 is 10.1 Å². The number of hydrogen-bond acceptors (Lipinski definition) is 4. The Morgan fingerprint density at radius 2 is 1.70 bits per heavy atom. The molecule has 0 amide bonds. The standard InChI is InChI=1S/C32H38F7NO3S/c1-31-11-10-21-20-7-5-19(43-30-28(35)26(33)23(27(34)29(30)36)17-40-12-2-15-44)16-18(20)4-6-22(21)24(31)8-9-25(31)41-13-3-14-42-32(37,38)39/h5,7,16,21-22,24-25,40,44H,2-4,6,8-15,17H2,1H3/p+1. The van der Waals surface area contributed by atoms with Crippen molar-refractivity contribution in [3.8, 4) is 11.5 Å². The summed E-state index contributed by atoms with van der Waals surface area (Å²) in [5.41, 5.74) is 1.35. The Bertz CT molecular complexity index is 1300. The fraction of sp³-hybridized carbons (Fsp3) is 0.625. The summed E-state index contributed by atoms with van der Waals surface area (Å²) in [6.07, 6.45) is 1.47. The Kier molecular flexibility index (Phi) is 10.4. The maximum atomic E-state index is 14.9. The third-order valence-electron chi connectivity index (χ3n) is 9.85. The van der Waals surface area contributed by atoms with E-state index in [0.717, 1.165) is 43.2 Å². The third-order valence-corrected chi connectivity index (χ3v) is 10.2. The highest BCUT2D eigenvalue weighted by Gasteiger charge is 2.55. The molecule has 0 heterocycles. The van der Waals surface area contributed by atoms with Gasteiger partial charge in [-0.05, 0) is 111 Å². The lowest BCUT2D eigenvalue weighted by molar-refractivity contribution is -0.325. The maximum Gasteiger partial charge on any atom is 0.522 e. The molecule has 2 saturated carbocycles. The van der Waals surface area contributed by atoms with E-state index in [1.54, 1.807) is 12.1 Å². The lowest BCUT2D eigenvalue weighted by atomic mass is 9.55. The van der Waals surface area contributed by atoms with Crippen LogP contribution in [-0.4, -0.2) is 38.0 Å². The first-order chi connectivity index (χ1) is 20.9. The van der Waals surface area contributed by atoms with Gasteiger partial charge in [0, 0.05) is 25.1 Å². The molecule has 3 aliphatic carbocycles. The summed E-state index contributed by atoms with van der Waals surface area (Å²) in [6, 6.07) is 5.17. The fourth-order valence-electron chi connectivity index (χ4n) is 7.77. The third kappa shape index (κ3) is 6.88. The van der Waals surface area contributed by atoms with Crippen LogP contribution in [0.3, 0.4) is 0 Å². The van der Waals surface area contributed by atoms with E-state index < -0.39 is 47.6 Å².